The maximum absolute atomic E-state index is 12.1. The van der Waals surface area contributed by atoms with Gasteiger partial charge in [-0.1, -0.05) is 30.3 Å². The van der Waals surface area contributed by atoms with Crippen molar-refractivity contribution in [2.75, 3.05) is 11.9 Å². The molecule has 0 saturated carbocycles. The van der Waals surface area contributed by atoms with E-state index in [0.29, 0.717) is 18.8 Å². The number of pyridine rings is 1. The summed E-state index contributed by atoms with van der Waals surface area (Å²) in [6.07, 6.45) is 1.58. The average molecular weight is 294 g/mol. The van der Waals surface area contributed by atoms with Crippen LogP contribution < -0.4 is 10.6 Å². The van der Waals surface area contributed by atoms with Crippen molar-refractivity contribution in [2.24, 2.45) is 5.92 Å². The molecule has 1 aromatic carbocycles. The molecule has 2 aromatic rings. The van der Waals surface area contributed by atoms with Crippen LogP contribution in [0.1, 0.15) is 23.0 Å². The van der Waals surface area contributed by atoms with Crippen molar-refractivity contribution in [3.05, 3.63) is 59.9 Å². The van der Waals surface area contributed by atoms with E-state index in [1.165, 1.54) is 0 Å². The molecule has 112 valence electrons. The van der Waals surface area contributed by atoms with Crippen molar-refractivity contribution in [2.45, 2.75) is 13.5 Å². The highest BCUT2D eigenvalue weighted by Crippen LogP contribution is 2.09. The Labute approximate surface area is 130 Å². The van der Waals surface area contributed by atoms with E-state index in [2.05, 4.69) is 21.7 Å². The summed E-state index contributed by atoms with van der Waals surface area (Å²) in [5.74, 6) is -0.315. The summed E-state index contributed by atoms with van der Waals surface area (Å²) >= 11 is 0. The Morgan fingerprint density at radius 2 is 2.09 bits per heavy atom. The number of aromatic nitrogens is 1. The molecule has 5 nitrogen and oxygen atoms in total. The van der Waals surface area contributed by atoms with Crippen LogP contribution in [0.25, 0.3) is 0 Å². The van der Waals surface area contributed by atoms with Gasteiger partial charge in [-0.25, -0.2) is 0 Å². The summed E-state index contributed by atoms with van der Waals surface area (Å²) in [5, 5.41) is 14.7. The average Bonchev–Trinajstić information content (AvgIpc) is 2.58. The van der Waals surface area contributed by atoms with Crippen LogP contribution in [0.5, 0.6) is 0 Å². The molecule has 0 spiro atoms. The number of rotatable bonds is 6. The quantitative estimate of drug-likeness (QED) is 0.858. The summed E-state index contributed by atoms with van der Waals surface area (Å²) in [6, 6.07) is 15.3. The Balaban J connectivity index is 1.94. The van der Waals surface area contributed by atoms with Crippen molar-refractivity contribution < 1.29 is 4.79 Å². The predicted molar refractivity (Wildman–Crippen MR) is 85.1 cm³/mol. The summed E-state index contributed by atoms with van der Waals surface area (Å²) < 4.78 is 0. The number of nitriles is 1. The van der Waals surface area contributed by atoms with E-state index in [1.54, 1.807) is 18.3 Å². The molecule has 1 aromatic heterocycles. The number of carbonyl (C=O) groups is 1. The molecule has 5 heteroatoms. The number of nitrogens with one attached hydrogen (secondary N) is 2. The van der Waals surface area contributed by atoms with E-state index in [9.17, 15) is 4.79 Å². The zero-order valence-electron chi connectivity index (χ0n) is 12.4. The fourth-order valence-corrected chi connectivity index (χ4v) is 1.85. The highest BCUT2D eigenvalue weighted by atomic mass is 16.1. The fraction of sp³-hybridized carbons (Fsp3) is 0.235. The lowest BCUT2D eigenvalue weighted by atomic mass is 10.2. The molecule has 1 atom stereocenters. The van der Waals surface area contributed by atoms with Crippen molar-refractivity contribution in [3.8, 4) is 6.07 Å². The number of hydrogen-bond donors (Lipinski definition) is 2. The normalized spacial score (nSPS) is 11.3. The van der Waals surface area contributed by atoms with Crippen LogP contribution in [0, 0.1) is 17.2 Å². The SMILES string of the molecule is CC(C#N)CNc1ccnc(C(=O)NCc2ccccc2)c1. The molecule has 0 aliphatic carbocycles. The minimum Gasteiger partial charge on any atom is -0.384 e. The lowest BCUT2D eigenvalue weighted by Crippen LogP contribution is -2.24. The molecule has 2 rings (SSSR count). The smallest absolute Gasteiger partial charge is 0.270 e. The Hall–Kier alpha value is -2.87. The number of hydrogen-bond acceptors (Lipinski definition) is 4. The lowest BCUT2D eigenvalue weighted by molar-refractivity contribution is 0.0946. The van der Waals surface area contributed by atoms with Gasteiger partial charge in [-0.05, 0) is 24.6 Å². The summed E-state index contributed by atoms with van der Waals surface area (Å²) in [7, 11) is 0. The monoisotopic (exact) mass is 294 g/mol. The minimum absolute atomic E-state index is 0.0940. The van der Waals surface area contributed by atoms with Crippen LogP contribution in [0.3, 0.4) is 0 Å². The largest absolute Gasteiger partial charge is 0.384 e. The first kappa shape index (κ1) is 15.5. The summed E-state index contributed by atoms with van der Waals surface area (Å²) in [4.78, 5) is 16.2. The van der Waals surface area contributed by atoms with E-state index in [4.69, 9.17) is 5.26 Å². The van der Waals surface area contributed by atoms with Crippen molar-refractivity contribution >= 4 is 11.6 Å². The van der Waals surface area contributed by atoms with Gasteiger partial charge >= 0.3 is 0 Å². The Kier molecular flexibility index (Phi) is 5.50. The summed E-state index contributed by atoms with van der Waals surface area (Å²) in [6.45, 7) is 2.83. The third-order valence-corrected chi connectivity index (χ3v) is 3.12. The predicted octanol–water partition coefficient (Wildman–Crippen LogP) is 2.58. The number of amides is 1. The molecule has 0 fully saturated rings. The molecule has 2 N–H and O–H groups in total. The Morgan fingerprint density at radius 3 is 2.82 bits per heavy atom. The summed E-state index contributed by atoms with van der Waals surface area (Å²) in [5.41, 5.74) is 2.17. The van der Waals surface area contributed by atoms with Gasteiger partial charge in [0, 0.05) is 25.0 Å². The molecule has 0 bridgehead atoms. The molecule has 0 aliphatic heterocycles. The van der Waals surface area contributed by atoms with E-state index in [-0.39, 0.29) is 11.8 Å². The second-order valence-electron chi connectivity index (χ2n) is 5.01. The number of carbonyl (C=O) groups excluding carboxylic acids is 1. The van der Waals surface area contributed by atoms with Crippen molar-refractivity contribution in [1.82, 2.24) is 10.3 Å². The third-order valence-electron chi connectivity index (χ3n) is 3.12. The highest BCUT2D eigenvalue weighted by Gasteiger charge is 2.08. The highest BCUT2D eigenvalue weighted by molar-refractivity contribution is 5.93. The van der Waals surface area contributed by atoms with Crippen LogP contribution >= 0.6 is 0 Å². The van der Waals surface area contributed by atoms with Crippen molar-refractivity contribution in [3.63, 3.8) is 0 Å². The Bertz CT molecular complexity index is 664. The van der Waals surface area contributed by atoms with Crippen LogP contribution in [-0.4, -0.2) is 17.4 Å². The number of anilines is 1. The van der Waals surface area contributed by atoms with Crippen LogP contribution in [0.15, 0.2) is 48.7 Å². The van der Waals surface area contributed by atoms with Gasteiger partial charge in [0.15, 0.2) is 0 Å². The van der Waals surface area contributed by atoms with E-state index < -0.39 is 0 Å². The van der Waals surface area contributed by atoms with Gasteiger partial charge in [0.05, 0.1) is 12.0 Å². The fourth-order valence-electron chi connectivity index (χ4n) is 1.85. The number of nitrogens with zero attached hydrogens (tertiary/aromatic N) is 2. The number of benzene rings is 1. The molecule has 0 aliphatic rings. The molecule has 0 radical (unpaired) electrons. The molecule has 0 saturated heterocycles. The maximum Gasteiger partial charge on any atom is 0.270 e. The van der Waals surface area contributed by atoms with Gasteiger partial charge in [-0.3, -0.25) is 9.78 Å². The van der Waals surface area contributed by atoms with Gasteiger partial charge in [-0.15, -0.1) is 0 Å². The van der Waals surface area contributed by atoms with Gasteiger partial charge in [0.25, 0.3) is 5.91 Å². The van der Waals surface area contributed by atoms with Gasteiger partial charge in [0.2, 0.25) is 0 Å². The van der Waals surface area contributed by atoms with Crippen LogP contribution in [0.2, 0.25) is 0 Å². The molecule has 22 heavy (non-hydrogen) atoms. The first-order valence-electron chi connectivity index (χ1n) is 7.10. The standard InChI is InChI=1S/C17H18N4O/c1-13(10-18)11-20-15-7-8-19-16(9-15)17(22)21-12-14-5-3-2-4-6-14/h2-9,13H,11-12H2,1H3,(H,19,20)(H,21,22). The lowest BCUT2D eigenvalue weighted by Gasteiger charge is -2.09. The molecular formula is C17H18N4O. The van der Waals surface area contributed by atoms with Crippen molar-refractivity contribution in [1.29, 1.82) is 5.26 Å². The second kappa shape index (κ2) is 7.79. The third kappa shape index (κ3) is 4.60. The van der Waals surface area contributed by atoms with Crippen LogP contribution in [0.4, 0.5) is 5.69 Å². The van der Waals surface area contributed by atoms with E-state index in [1.807, 2.05) is 37.3 Å². The molecule has 1 unspecified atom stereocenters. The topological polar surface area (TPSA) is 77.8 Å². The minimum atomic E-state index is -0.221. The second-order valence-corrected chi connectivity index (χ2v) is 5.01. The molecule has 1 amide bonds. The van der Waals surface area contributed by atoms with E-state index >= 15 is 0 Å². The van der Waals surface area contributed by atoms with Gasteiger partial charge in [0.1, 0.15) is 5.69 Å². The Morgan fingerprint density at radius 1 is 1.32 bits per heavy atom. The molecular weight excluding hydrogens is 276 g/mol. The molecule has 1 heterocycles. The first-order valence-corrected chi connectivity index (χ1v) is 7.10. The van der Waals surface area contributed by atoms with E-state index in [0.717, 1.165) is 11.3 Å². The van der Waals surface area contributed by atoms with Gasteiger partial charge < -0.3 is 10.6 Å². The van der Waals surface area contributed by atoms with Gasteiger partial charge in [-0.2, -0.15) is 5.26 Å². The first-order chi connectivity index (χ1) is 10.7. The van der Waals surface area contributed by atoms with Crippen LogP contribution in [-0.2, 0) is 6.54 Å². The zero-order chi connectivity index (χ0) is 15.8. The maximum atomic E-state index is 12.1. The zero-order valence-corrected chi connectivity index (χ0v) is 12.4.